The van der Waals surface area contributed by atoms with Crippen LogP contribution in [0.25, 0.3) is 0 Å². The summed E-state index contributed by atoms with van der Waals surface area (Å²) in [6.45, 7) is 3.83. The standard InChI is InChI=1S/C15H15Cl2N3O3S2/c1-3-23-12(21)5-10-7-24-15(19-10)25-8(2)14(22)20-13-11(17)4-9(16)6-18-13/h4,6-8H,3,5H2,1-2H3,(H,18,20,22)/t8-/m1/s1. The summed E-state index contributed by atoms with van der Waals surface area (Å²) in [5.41, 5.74) is 0.626. The maximum atomic E-state index is 12.3. The zero-order valence-corrected chi connectivity index (χ0v) is 16.6. The normalized spacial score (nSPS) is 11.8. The number of rotatable bonds is 7. The van der Waals surface area contributed by atoms with Crippen LogP contribution in [0.3, 0.4) is 0 Å². The zero-order chi connectivity index (χ0) is 18.4. The van der Waals surface area contributed by atoms with Crippen LogP contribution >= 0.6 is 46.3 Å². The highest BCUT2D eigenvalue weighted by molar-refractivity contribution is 8.02. The van der Waals surface area contributed by atoms with Crippen LogP contribution in [0.1, 0.15) is 19.5 Å². The van der Waals surface area contributed by atoms with Crippen molar-refractivity contribution in [3.8, 4) is 0 Å². The van der Waals surface area contributed by atoms with Gasteiger partial charge in [0, 0.05) is 11.6 Å². The van der Waals surface area contributed by atoms with E-state index in [1.807, 2.05) is 0 Å². The molecule has 134 valence electrons. The maximum Gasteiger partial charge on any atom is 0.311 e. The van der Waals surface area contributed by atoms with Gasteiger partial charge in [0.05, 0.1) is 34.0 Å². The molecular weight excluding hydrogens is 405 g/mol. The summed E-state index contributed by atoms with van der Waals surface area (Å²) in [7, 11) is 0. The Hall–Kier alpha value is -1.35. The second kappa shape index (κ2) is 9.38. The van der Waals surface area contributed by atoms with Crippen molar-refractivity contribution in [1.29, 1.82) is 0 Å². The van der Waals surface area contributed by atoms with Crippen LogP contribution in [0.2, 0.25) is 10.0 Å². The van der Waals surface area contributed by atoms with Crippen LogP contribution in [0, 0.1) is 0 Å². The third-order valence-corrected chi connectivity index (χ3v) is 5.47. The molecule has 0 aliphatic heterocycles. The minimum absolute atomic E-state index is 0.121. The number of nitrogens with zero attached hydrogens (tertiary/aromatic N) is 2. The molecule has 0 radical (unpaired) electrons. The lowest BCUT2D eigenvalue weighted by Crippen LogP contribution is -2.23. The fourth-order valence-corrected chi connectivity index (χ4v) is 4.12. The number of halogens is 2. The van der Waals surface area contributed by atoms with Gasteiger partial charge in [0.25, 0.3) is 0 Å². The van der Waals surface area contributed by atoms with Crippen LogP contribution in [0.5, 0.6) is 0 Å². The third kappa shape index (κ3) is 6.14. The highest BCUT2D eigenvalue weighted by Crippen LogP contribution is 2.29. The van der Waals surface area contributed by atoms with E-state index in [2.05, 4.69) is 15.3 Å². The lowest BCUT2D eigenvalue weighted by molar-refractivity contribution is -0.142. The van der Waals surface area contributed by atoms with Crippen molar-refractivity contribution in [2.75, 3.05) is 11.9 Å². The van der Waals surface area contributed by atoms with Crippen LogP contribution in [-0.4, -0.2) is 33.7 Å². The Kier molecular flexibility index (Phi) is 7.49. The van der Waals surface area contributed by atoms with E-state index >= 15 is 0 Å². The average Bonchev–Trinajstić information content (AvgIpc) is 2.97. The summed E-state index contributed by atoms with van der Waals surface area (Å²) >= 11 is 14.4. The summed E-state index contributed by atoms with van der Waals surface area (Å²) in [4.78, 5) is 32.0. The Balaban J connectivity index is 1.92. The Labute approximate surface area is 163 Å². The summed E-state index contributed by atoms with van der Waals surface area (Å²) < 4.78 is 5.58. The van der Waals surface area contributed by atoms with E-state index in [9.17, 15) is 9.59 Å². The van der Waals surface area contributed by atoms with Gasteiger partial charge < -0.3 is 10.1 Å². The minimum Gasteiger partial charge on any atom is -0.466 e. The van der Waals surface area contributed by atoms with Crippen LogP contribution in [-0.2, 0) is 20.7 Å². The van der Waals surface area contributed by atoms with Gasteiger partial charge in [-0.25, -0.2) is 9.97 Å². The lowest BCUT2D eigenvalue weighted by atomic mass is 10.3. The Morgan fingerprint density at radius 3 is 2.88 bits per heavy atom. The Morgan fingerprint density at radius 2 is 2.20 bits per heavy atom. The number of aromatic nitrogens is 2. The van der Waals surface area contributed by atoms with Crippen molar-refractivity contribution in [3.63, 3.8) is 0 Å². The molecule has 0 fully saturated rings. The molecule has 25 heavy (non-hydrogen) atoms. The van der Waals surface area contributed by atoms with Gasteiger partial charge in [-0.2, -0.15) is 0 Å². The molecule has 1 amide bonds. The second-order valence-corrected chi connectivity index (χ2v) is 8.11. The number of carbonyl (C=O) groups is 2. The first kappa shape index (κ1) is 20.0. The molecule has 0 saturated carbocycles. The molecule has 1 N–H and O–H groups in total. The molecule has 1 atom stereocenters. The average molecular weight is 420 g/mol. The van der Waals surface area contributed by atoms with Gasteiger partial charge in [-0.15, -0.1) is 11.3 Å². The monoisotopic (exact) mass is 419 g/mol. The fourth-order valence-electron chi connectivity index (χ4n) is 1.71. The number of thioether (sulfide) groups is 1. The van der Waals surface area contributed by atoms with E-state index in [1.54, 1.807) is 19.2 Å². The van der Waals surface area contributed by atoms with Gasteiger partial charge in [-0.05, 0) is 19.9 Å². The SMILES string of the molecule is CCOC(=O)Cc1csc(S[C@H](C)C(=O)Nc2ncc(Cl)cc2Cl)n1. The number of esters is 1. The summed E-state index contributed by atoms with van der Waals surface area (Å²) in [6, 6.07) is 1.51. The molecule has 2 aromatic heterocycles. The van der Waals surface area contributed by atoms with Crippen molar-refractivity contribution in [2.45, 2.75) is 29.9 Å². The van der Waals surface area contributed by atoms with Gasteiger partial charge in [0.2, 0.25) is 5.91 Å². The number of carbonyl (C=O) groups excluding carboxylic acids is 2. The third-order valence-electron chi connectivity index (χ3n) is 2.86. The first-order chi connectivity index (χ1) is 11.9. The summed E-state index contributed by atoms with van der Waals surface area (Å²) in [6.07, 6.45) is 1.53. The molecule has 2 aromatic rings. The molecular formula is C15H15Cl2N3O3S2. The van der Waals surface area contributed by atoms with Gasteiger partial charge in [-0.3, -0.25) is 9.59 Å². The second-order valence-electron chi connectivity index (χ2n) is 4.82. The molecule has 2 rings (SSSR count). The molecule has 0 aromatic carbocycles. The van der Waals surface area contributed by atoms with E-state index in [4.69, 9.17) is 27.9 Å². The number of thiazole rings is 1. The molecule has 6 nitrogen and oxygen atoms in total. The number of anilines is 1. The Morgan fingerprint density at radius 1 is 1.44 bits per heavy atom. The van der Waals surface area contributed by atoms with Gasteiger partial charge in [0.15, 0.2) is 10.2 Å². The largest absolute Gasteiger partial charge is 0.466 e. The molecule has 0 aliphatic rings. The van der Waals surface area contributed by atoms with Crippen LogP contribution in [0.15, 0.2) is 22.0 Å². The molecule has 2 heterocycles. The van der Waals surface area contributed by atoms with Crippen molar-refractivity contribution in [2.24, 2.45) is 0 Å². The number of amides is 1. The molecule has 0 spiro atoms. The molecule has 0 unspecified atom stereocenters. The molecule has 10 heteroatoms. The number of nitrogens with one attached hydrogen (secondary N) is 1. The topological polar surface area (TPSA) is 81.2 Å². The minimum atomic E-state index is -0.421. The number of pyridine rings is 1. The van der Waals surface area contributed by atoms with E-state index in [-0.39, 0.29) is 29.1 Å². The van der Waals surface area contributed by atoms with Crippen molar-refractivity contribution < 1.29 is 14.3 Å². The maximum absolute atomic E-state index is 12.3. The summed E-state index contributed by atoms with van der Waals surface area (Å²) in [5, 5.41) is 4.67. The highest BCUT2D eigenvalue weighted by atomic mass is 35.5. The van der Waals surface area contributed by atoms with Crippen molar-refractivity contribution >= 4 is 64.0 Å². The van der Waals surface area contributed by atoms with E-state index in [1.165, 1.54) is 35.4 Å². The first-order valence-electron chi connectivity index (χ1n) is 7.27. The highest BCUT2D eigenvalue weighted by Gasteiger charge is 2.19. The lowest BCUT2D eigenvalue weighted by Gasteiger charge is -2.11. The van der Waals surface area contributed by atoms with E-state index in [0.717, 1.165) is 0 Å². The first-order valence-corrected chi connectivity index (χ1v) is 9.79. The molecule has 0 bridgehead atoms. The number of hydrogen-bond donors (Lipinski definition) is 1. The van der Waals surface area contributed by atoms with Gasteiger partial charge in [0.1, 0.15) is 0 Å². The quantitative estimate of drug-likeness (QED) is 0.537. The van der Waals surface area contributed by atoms with E-state index < -0.39 is 5.25 Å². The zero-order valence-electron chi connectivity index (χ0n) is 13.4. The fraction of sp³-hybridized carbons (Fsp3) is 0.333. The van der Waals surface area contributed by atoms with Gasteiger partial charge in [-0.1, -0.05) is 35.0 Å². The molecule has 0 saturated heterocycles. The smallest absolute Gasteiger partial charge is 0.311 e. The van der Waals surface area contributed by atoms with Crippen LogP contribution < -0.4 is 5.32 Å². The predicted octanol–water partition coefficient (Wildman–Crippen LogP) is 4.07. The predicted molar refractivity (Wildman–Crippen MR) is 101 cm³/mol. The van der Waals surface area contributed by atoms with Crippen molar-refractivity contribution in [3.05, 3.63) is 33.4 Å². The van der Waals surface area contributed by atoms with Crippen molar-refractivity contribution in [1.82, 2.24) is 9.97 Å². The van der Waals surface area contributed by atoms with Gasteiger partial charge >= 0.3 is 5.97 Å². The summed E-state index contributed by atoms with van der Waals surface area (Å²) in [5.74, 6) is -0.326. The number of hydrogen-bond acceptors (Lipinski definition) is 7. The van der Waals surface area contributed by atoms with Crippen LogP contribution in [0.4, 0.5) is 5.82 Å². The number of ether oxygens (including phenoxy) is 1. The van der Waals surface area contributed by atoms with E-state index in [0.29, 0.717) is 21.7 Å². The Bertz CT molecular complexity index is 770. The molecule has 0 aliphatic carbocycles.